The van der Waals surface area contributed by atoms with Crippen molar-refractivity contribution in [2.24, 2.45) is 5.92 Å². The normalized spacial score (nSPS) is 20.4. The van der Waals surface area contributed by atoms with Crippen molar-refractivity contribution in [1.29, 1.82) is 0 Å². The summed E-state index contributed by atoms with van der Waals surface area (Å²) in [6.45, 7) is 4.43. The fourth-order valence-corrected chi connectivity index (χ4v) is 4.74. The molecule has 0 bridgehead atoms. The molecule has 0 spiro atoms. The minimum atomic E-state index is -0.385. The minimum absolute atomic E-state index is 0.137. The Morgan fingerprint density at radius 1 is 0.818 bits per heavy atom. The van der Waals surface area contributed by atoms with E-state index < -0.39 is 0 Å². The van der Waals surface area contributed by atoms with Gasteiger partial charge in [-0.05, 0) is 31.4 Å². The number of carbonyl (C=O) groups excluding carboxylic acids is 2. The third-order valence-electron chi connectivity index (χ3n) is 6.80. The largest absolute Gasteiger partial charge is 0.462 e. The smallest absolute Gasteiger partial charge is 0.338 e. The molecule has 186 valence electrons. The molecule has 0 N–H and O–H groups in total. The molecular weight excluding hydrogens is 412 g/mol. The Bertz CT molecular complexity index is 657. The van der Waals surface area contributed by atoms with Crippen molar-refractivity contribution < 1.29 is 19.1 Å². The maximum atomic E-state index is 12.8. The maximum absolute atomic E-state index is 12.8. The van der Waals surface area contributed by atoms with Crippen LogP contribution in [0.15, 0.2) is 30.3 Å². The second kappa shape index (κ2) is 16.7. The van der Waals surface area contributed by atoms with E-state index in [0.29, 0.717) is 12.0 Å². The van der Waals surface area contributed by atoms with Gasteiger partial charge in [0.2, 0.25) is 0 Å². The monoisotopic (exact) mass is 458 g/mol. The summed E-state index contributed by atoms with van der Waals surface area (Å²) in [4.78, 5) is 25.5. The van der Waals surface area contributed by atoms with Crippen LogP contribution >= 0.6 is 0 Å². The predicted octanol–water partition coefficient (Wildman–Crippen LogP) is 8.04. The summed E-state index contributed by atoms with van der Waals surface area (Å²) in [6, 6.07) is 9.08. The van der Waals surface area contributed by atoms with Crippen molar-refractivity contribution in [2.75, 3.05) is 0 Å². The zero-order valence-electron chi connectivity index (χ0n) is 21.1. The van der Waals surface area contributed by atoms with Gasteiger partial charge < -0.3 is 9.47 Å². The first-order valence-corrected chi connectivity index (χ1v) is 13.6. The lowest BCUT2D eigenvalue weighted by molar-refractivity contribution is -0.171. The third kappa shape index (κ3) is 10.8. The molecule has 1 saturated heterocycles. The first-order valence-electron chi connectivity index (χ1n) is 13.6. The van der Waals surface area contributed by atoms with Gasteiger partial charge in [0, 0.05) is 6.42 Å². The zero-order chi connectivity index (χ0) is 23.7. The Balaban J connectivity index is 1.82. The van der Waals surface area contributed by atoms with Crippen LogP contribution in [-0.4, -0.2) is 24.1 Å². The highest BCUT2D eigenvalue weighted by Crippen LogP contribution is 2.31. The Morgan fingerprint density at radius 3 is 2.00 bits per heavy atom. The molecule has 0 radical (unpaired) electrons. The first kappa shape index (κ1) is 27.4. The molecule has 1 aliphatic rings. The van der Waals surface area contributed by atoms with Gasteiger partial charge in [-0.3, -0.25) is 4.79 Å². The first-order chi connectivity index (χ1) is 16.2. The van der Waals surface area contributed by atoms with E-state index in [4.69, 9.17) is 9.47 Å². The third-order valence-corrected chi connectivity index (χ3v) is 6.80. The molecule has 0 aromatic heterocycles. The van der Waals surface area contributed by atoms with Gasteiger partial charge in [-0.15, -0.1) is 0 Å². The number of benzene rings is 1. The fourth-order valence-electron chi connectivity index (χ4n) is 4.74. The summed E-state index contributed by atoms with van der Waals surface area (Å²) in [6.07, 6.45) is 17.6. The van der Waals surface area contributed by atoms with Gasteiger partial charge in [0.15, 0.2) is 0 Å². The zero-order valence-corrected chi connectivity index (χ0v) is 21.1. The number of hydrogen-bond donors (Lipinski definition) is 0. The number of unbranched alkanes of at least 4 members (excludes halogenated alkanes) is 11. The number of esters is 2. The van der Waals surface area contributed by atoms with Crippen LogP contribution in [0, 0.1) is 5.92 Å². The molecule has 33 heavy (non-hydrogen) atoms. The molecule has 1 heterocycles. The molecule has 1 fully saturated rings. The van der Waals surface area contributed by atoms with Crippen LogP contribution in [0.4, 0.5) is 0 Å². The van der Waals surface area contributed by atoms with Crippen molar-refractivity contribution in [3.05, 3.63) is 35.9 Å². The quantitative estimate of drug-likeness (QED) is 0.175. The second-order valence-corrected chi connectivity index (χ2v) is 9.68. The molecule has 4 nitrogen and oxygen atoms in total. The van der Waals surface area contributed by atoms with Gasteiger partial charge in [0.1, 0.15) is 12.2 Å². The topological polar surface area (TPSA) is 52.6 Å². The number of hydrogen-bond acceptors (Lipinski definition) is 4. The Labute approximate surface area is 201 Å². The second-order valence-electron chi connectivity index (χ2n) is 9.68. The van der Waals surface area contributed by atoms with E-state index in [1.807, 2.05) is 18.2 Å². The highest BCUT2D eigenvalue weighted by atomic mass is 16.6. The molecule has 0 amide bonds. The Hall–Kier alpha value is -1.84. The highest BCUT2D eigenvalue weighted by molar-refractivity contribution is 5.89. The SMILES string of the molecule is CCCCCCCCCCCC1CC(OC(=O)c2ccccc2)C(CCCCCC)C(=O)O1. The van der Waals surface area contributed by atoms with E-state index in [0.717, 1.165) is 44.9 Å². The van der Waals surface area contributed by atoms with E-state index >= 15 is 0 Å². The van der Waals surface area contributed by atoms with E-state index in [1.165, 1.54) is 51.4 Å². The average molecular weight is 459 g/mol. The van der Waals surface area contributed by atoms with Gasteiger partial charge in [-0.2, -0.15) is 0 Å². The molecule has 0 saturated carbocycles. The lowest BCUT2D eigenvalue weighted by Crippen LogP contribution is -2.43. The van der Waals surface area contributed by atoms with Crippen molar-refractivity contribution >= 4 is 11.9 Å². The van der Waals surface area contributed by atoms with Crippen molar-refractivity contribution in [2.45, 2.75) is 129 Å². The van der Waals surface area contributed by atoms with Crippen LogP contribution in [0.2, 0.25) is 0 Å². The standard InChI is InChI=1S/C29H46O4/c1-3-5-7-9-10-11-12-13-17-21-25-23-27(33-28(30)24-19-15-14-16-20-24)26(29(31)32-25)22-18-8-6-4-2/h14-16,19-20,25-27H,3-13,17-18,21-23H2,1-2H3. The molecule has 3 atom stereocenters. The summed E-state index contributed by atoms with van der Waals surface area (Å²) in [5.41, 5.74) is 0.539. The molecular formula is C29H46O4. The van der Waals surface area contributed by atoms with E-state index in [1.54, 1.807) is 12.1 Å². The van der Waals surface area contributed by atoms with Crippen molar-refractivity contribution in [1.82, 2.24) is 0 Å². The molecule has 4 heteroatoms. The van der Waals surface area contributed by atoms with Gasteiger partial charge >= 0.3 is 11.9 Å². The Kier molecular flexibility index (Phi) is 13.9. The summed E-state index contributed by atoms with van der Waals surface area (Å²) >= 11 is 0. The summed E-state index contributed by atoms with van der Waals surface area (Å²) < 4.78 is 11.7. The number of carbonyl (C=O) groups is 2. The average Bonchev–Trinajstić information content (AvgIpc) is 2.82. The minimum Gasteiger partial charge on any atom is -0.462 e. The number of cyclic esters (lactones) is 1. The van der Waals surface area contributed by atoms with Crippen LogP contribution in [-0.2, 0) is 14.3 Å². The lowest BCUT2D eigenvalue weighted by atomic mass is 9.87. The van der Waals surface area contributed by atoms with Crippen LogP contribution in [0.3, 0.4) is 0 Å². The molecule has 1 aromatic carbocycles. The Morgan fingerprint density at radius 2 is 1.36 bits per heavy atom. The molecule has 3 unspecified atom stereocenters. The van der Waals surface area contributed by atoms with Crippen LogP contribution in [0.25, 0.3) is 0 Å². The number of ether oxygens (including phenoxy) is 2. The lowest BCUT2D eigenvalue weighted by Gasteiger charge is -2.35. The van der Waals surface area contributed by atoms with Gasteiger partial charge in [0.25, 0.3) is 0 Å². The van der Waals surface area contributed by atoms with Gasteiger partial charge in [-0.25, -0.2) is 4.79 Å². The number of rotatable bonds is 17. The maximum Gasteiger partial charge on any atom is 0.338 e. The van der Waals surface area contributed by atoms with Crippen molar-refractivity contribution in [3.8, 4) is 0 Å². The van der Waals surface area contributed by atoms with Gasteiger partial charge in [-0.1, -0.05) is 109 Å². The molecule has 1 aromatic rings. The predicted molar refractivity (Wildman–Crippen MR) is 134 cm³/mol. The molecule has 1 aliphatic heterocycles. The molecule has 0 aliphatic carbocycles. The highest BCUT2D eigenvalue weighted by Gasteiger charge is 2.40. The van der Waals surface area contributed by atoms with Crippen LogP contribution < -0.4 is 0 Å². The van der Waals surface area contributed by atoms with E-state index in [2.05, 4.69) is 13.8 Å². The van der Waals surface area contributed by atoms with E-state index in [-0.39, 0.29) is 30.1 Å². The van der Waals surface area contributed by atoms with Crippen LogP contribution in [0.1, 0.15) is 127 Å². The summed E-state index contributed by atoms with van der Waals surface area (Å²) in [5.74, 6) is -0.853. The summed E-state index contributed by atoms with van der Waals surface area (Å²) in [5, 5.41) is 0. The van der Waals surface area contributed by atoms with Crippen molar-refractivity contribution in [3.63, 3.8) is 0 Å². The van der Waals surface area contributed by atoms with Crippen LogP contribution in [0.5, 0.6) is 0 Å². The summed E-state index contributed by atoms with van der Waals surface area (Å²) in [7, 11) is 0. The molecule has 2 rings (SSSR count). The van der Waals surface area contributed by atoms with E-state index in [9.17, 15) is 9.59 Å². The van der Waals surface area contributed by atoms with Gasteiger partial charge in [0.05, 0.1) is 11.5 Å². The fraction of sp³-hybridized carbons (Fsp3) is 0.724.